The number of ether oxygens (including phenoxy) is 2. The molecule has 0 aliphatic rings. The topological polar surface area (TPSA) is 30.5 Å². The van der Waals surface area contributed by atoms with Gasteiger partial charge in [0.15, 0.2) is 11.5 Å². The molecule has 0 spiro atoms. The Morgan fingerprint density at radius 2 is 1.67 bits per heavy atom. The van der Waals surface area contributed by atoms with Gasteiger partial charge in [0, 0.05) is 17.8 Å². The van der Waals surface area contributed by atoms with Gasteiger partial charge in [-0.1, -0.05) is 12.1 Å². The Kier molecular flexibility index (Phi) is 5.04. The maximum Gasteiger partial charge on any atom is 0.162 e. The summed E-state index contributed by atoms with van der Waals surface area (Å²) in [5, 5.41) is 3.40. The number of hydrogen-bond donors (Lipinski definition) is 1. The standard InChI is InChI=1S/C17H20FNO2/c1-12(10-13-4-6-14(18)7-5-13)19-15-8-9-16(20-2)17(11-15)21-3/h4-9,11-12,19H,10H2,1-3H3. The second-order valence-corrected chi connectivity index (χ2v) is 4.95. The first-order valence-corrected chi connectivity index (χ1v) is 6.85. The van der Waals surface area contributed by atoms with Crippen molar-refractivity contribution < 1.29 is 13.9 Å². The van der Waals surface area contributed by atoms with Crippen molar-refractivity contribution in [1.82, 2.24) is 0 Å². The van der Waals surface area contributed by atoms with Crippen molar-refractivity contribution >= 4 is 5.69 Å². The molecule has 0 amide bonds. The largest absolute Gasteiger partial charge is 0.493 e. The van der Waals surface area contributed by atoms with Crippen molar-refractivity contribution in [3.63, 3.8) is 0 Å². The number of anilines is 1. The van der Waals surface area contributed by atoms with Crippen LogP contribution in [-0.4, -0.2) is 20.3 Å². The highest BCUT2D eigenvalue weighted by atomic mass is 19.1. The molecule has 0 aliphatic heterocycles. The van der Waals surface area contributed by atoms with Crippen LogP contribution in [0, 0.1) is 5.82 Å². The van der Waals surface area contributed by atoms with Crippen LogP contribution in [0.5, 0.6) is 11.5 Å². The average molecular weight is 289 g/mol. The Labute approximate surface area is 124 Å². The zero-order chi connectivity index (χ0) is 15.2. The summed E-state index contributed by atoms with van der Waals surface area (Å²) in [6, 6.07) is 12.5. The van der Waals surface area contributed by atoms with E-state index in [1.807, 2.05) is 30.3 Å². The third-order valence-corrected chi connectivity index (χ3v) is 3.25. The zero-order valence-electron chi connectivity index (χ0n) is 12.5. The number of rotatable bonds is 6. The van der Waals surface area contributed by atoms with Gasteiger partial charge in [-0.05, 0) is 43.2 Å². The highest BCUT2D eigenvalue weighted by Crippen LogP contribution is 2.30. The average Bonchev–Trinajstić information content (AvgIpc) is 2.49. The molecule has 4 heteroatoms. The van der Waals surface area contributed by atoms with Gasteiger partial charge in [0.05, 0.1) is 14.2 Å². The first-order chi connectivity index (χ1) is 10.1. The molecule has 0 bridgehead atoms. The molecule has 0 saturated heterocycles. The molecule has 0 aliphatic carbocycles. The van der Waals surface area contributed by atoms with Gasteiger partial charge in [0.1, 0.15) is 5.82 Å². The molecule has 2 rings (SSSR count). The number of methoxy groups -OCH3 is 2. The van der Waals surface area contributed by atoms with Crippen LogP contribution in [0.25, 0.3) is 0 Å². The van der Waals surface area contributed by atoms with Gasteiger partial charge < -0.3 is 14.8 Å². The van der Waals surface area contributed by atoms with Crippen LogP contribution in [0.15, 0.2) is 42.5 Å². The lowest BCUT2D eigenvalue weighted by Gasteiger charge is -2.17. The lowest BCUT2D eigenvalue weighted by molar-refractivity contribution is 0.355. The number of hydrogen-bond acceptors (Lipinski definition) is 3. The summed E-state index contributed by atoms with van der Waals surface area (Å²) in [5.74, 6) is 1.19. The van der Waals surface area contributed by atoms with Gasteiger partial charge >= 0.3 is 0 Å². The van der Waals surface area contributed by atoms with Gasteiger partial charge in [0.25, 0.3) is 0 Å². The molecule has 0 aromatic heterocycles. The van der Waals surface area contributed by atoms with Crippen molar-refractivity contribution in [2.75, 3.05) is 19.5 Å². The minimum absolute atomic E-state index is 0.209. The van der Waals surface area contributed by atoms with Gasteiger partial charge in [-0.3, -0.25) is 0 Å². The minimum atomic E-state index is -0.209. The molecule has 0 radical (unpaired) electrons. The van der Waals surface area contributed by atoms with Crippen LogP contribution in [0.3, 0.4) is 0 Å². The molecule has 3 nitrogen and oxygen atoms in total. The predicted molar refractivity (Wildman–Crippen MR) is 82.7 cm³/mol. The van der Waals surface area contributed by atoms with Crippen LogP contribution in [0.4, 0.5) is 10.1 Å². The van der Waals surface area contributed by atoms with Crippen LogP contribution in [0.2, 0.25) is 0 Å². The molecule has 21 heavy (non-hydrogen) atoms. The van der Waals surface area contributed by atoms with Crippen molar-refractivity contribution in [2.24, 2.45) is 0 Å². The second kappa shape index (κ2) is 6.97. The number of benzene rings is 2. The summed E-state index contributed by atoms with van der Waals surface area (Å²) in [5.41, 5.74) is 2.05. The lowest BCUT2D eigenvalue weighted by Crippen LogP contribution is -2.18. The zero-order valence-corrected chi connectivity index (χ0v) is 12.5. The molecule has 0 saturated carbocycles. The highest BCUT2D eigenvalue weighted by molar-refractivity contribution is 5.55. The smallest absolute Gasteiger partial charge is 0.162 e. The van der Waals surface area contributed by atoms with Crippen LogP contribution < -0.4 is 14.8 Å². The fourth-order valence-electron chi connectivity index (χ4n) is 2.24. The van der Waals surface area contributed by atoms with Crippen molar-refractivity contribution in [3.05, 3.63) is 53.8 Å². The Bertz CT molecular complexity index is 584. The van der Waals surface area contributed by atoms with Crippen molar-refractivity contribution in [1.29, 1.82) is 0 Å². The molecular formula is C17H20FNO2. The van der Waals surface area contributed by atoms with Crippen molar-refractivity contribution in [3.8, 4) is 11.5 Å². The first-order valence-electron chi connectivity index (χ1n) is 6.85. The molecule has 1 atom stereocenters. The van der Waals surface area contributed by atoms with E-state index in [1.54, 1.807) is 14.2 Å². The van der Waals surface area contributed by atoms with Gasteiger partial charge in [-0.25, -0.2) is 4.39 Å². The van der Waals surface area contributed by atoms with E-state index in [4.69, 9.17) is 9.47 Å². The van der Waals surface area contributed by atoms with Gasteiger partial charge in [0.2, 0.25) is 0 Å². The minimum Gasteiger partial charge on any atom is -0.493 e. The first kappa shape index (κ1) is 15.2. The molecule has 2 aromatic rings. The fraction of sp³-hybridized carbons (Fsp3) is 0.294. The summed E-state index contributed by atoms with van der Waals surface area (Å²) in [6.07, 6.45) is 0.814. The molecule has 2 aromatic carbocycles. The molecule has 1 N–H and O–H groups in total. The summed E-state index contributed by atoms with van der Waals surface area (Å²) in [6.45, 7) is 2.08. The van der Waals surface area contributed by atoms with Crippen molar-refractivity contribution in [2.45, 2.75) is 19.4 Å². The SMILES string of the molecule is COc1ccc(NC(C)Cc2ccc(F)cc2)cc1OC. The molecule has 112 valence electrons. The third-order valence-electron chi connectivity index (χ3n) is 3.25. The summed E-state index contributed by atoms with van der Waals surface area (Å²) in [4.78, 5) is 0. The summed E-state index contributed by atoms with van der Waals surface area (Å²) >= 11 is 0. The van der Waals surface area contributed by atoms with Gasteiger partial charge in [-0.15, -0.1) is 0 Å². The summed E-state index contributed by atoms with van der Waals surface area (Å²) in [7, 11) is 3.23. The van der Waals surface area contributed by atoms with Crippen LogP contribution in [0.1, 0.15) is 12.5 Å². The normalized spacial score (nSPS) is 11.8. The quantitative estimate of drug-likeness (QED) is 0.875. The number of nitrogens with one attached hydrogen (secondary N) is 1. The second-order valence-electron chi connectivity index (χ2n) is 4.95. The molecular weight excluding hydrogens is 269 g/mol. The van der Waals surface area contributed by atoms with E-state index in [2.05, 4.69) is 12.2 Å². The van der Waals surface area contributed by atoms with E-state index >= 15 is 0 Å². The maximum absolute atomic E-state index is 12.9. The van der Waals surface area contributed by atoms with E-state index in [9.17, 15) is 4.39 Å². The predicted octanol–water partition coefficient (Wildman–Crippen LogP) is 3.89. The lowest BCUT2D eigenvalue weighted by atomic mass is 10.1. The Morgan fingerprint density at radius 1 is 1.00 bits per heavy atom. The highest BCUT2D eigenvalue weighted by Gasteiger charge is 2.08. The molecule has 0 fully saturated rings. The van der Waals surface area contributed by atoms with Crippen LogP contribution in [-0.2, 0) is 6.42 Å². The third kappa shape index (κ3) is 4.12. The van der Waals surface area contributed by atoms with E-state index in [0.29, 0.717) is 11.5 Å². The molecule has 1 unspecified atom stereocenters. The Hall–Kier alpha value is -2.23. The number of halogens is 1. The fourth-order valence-corrected chi connectivity index (χ4v) is 2.24. The Balaban J connectivity index is 2.02. The van der Waals surface area contributed by atoms with E-state index < -0.39 is 0 Å². The monoisotopic (exact) mass is 289 g/mol. The van der Waals surface area contributed by atoms with Gasteiger partial charge in [-0.2, -0.15) is 0 Å². The Morgan fingerprint density at radius 3 is 2.29 bits per heavy atom. The summed E-state index contributed by atoms with van der Waals surface area (Å²) < 4.78 is 23.4. The van der Waals surface area contributed by atoms with E-state index in [-0.39, 0.29) is 11.9 Å². The molecule has 0 heterocycles. The van der Waals surface area contributed by atoms with E-state index in [0.717, 1.165) is 17.7 Å². The maximum atomic E-state index is 12.9. The van der Waals surface area contributed by atoms with E-state index in [1.165, 1.54) is 12.1 Å². The van der Waals surface area contributed by atoms with Crippen LogP contribution >= 0.6 is 0 Å².